The molecule has 1 aliphatic heterocycles. The molecule has 0 aromatic heterocycles. The van der Waals surface area contributed by atoms with Gasteiger partial charge in [0.25, 0.3) is 0 Å². The molecule has 1 aromatic carbocycles. The molecule has 0 bridgehead atoms. The van der Waals surface area contributed by atoms with E-state index < -0.39 is 0 Å². The van der Waals surface area contributed by atoms with E-state index in [9.17, 15) is 9.90 Å². The molecule has 1 aliphatic rings. The van der Waals surface area contributed by atoms with Gasteiger partial charge in [0.15, 0.2) is 0 Å². The van der Waals surface area contributed by atoms with Crippen molar-refractivity contribution in [3.8, 4) is 0 Å². The van der Waals surface area contributed by atoms with Crippen LogP contribution < -0.4 is 10.6 Å². The van der Waals surface area contributed by atoms with Crippen LogP contribution in [0.25, 0.3) is 0 Å². The van der Waals surface area contributed by atoms with Crippen LogP contribution in [0, 0.1) is 5.92 Å². The molecular formula is C15H22N2O2. The van der Waals surface area contributed by atoms with Crippen LogP contribution in [0.4, 0.5) is 0 Å². The van der Waals surface area contributed by atoms with Crippen molar-refractivity contribution in [1.82, 2.24) is 10.6 Å². The first kappa shape index (κ1) is 14.0. The van der Waals surface area contributed by atoms with E-state index in [4.69, 9.17) is 0 Å². The molecule has 1 heterocycles. The van der Waals surface area contributed by atoms with Crippen molar-refractivity contribution in [3.05, 3.63) is 35.9 Å². The van der Waals surface area contributed by atoms with Crippen LogP contribution in [0.3, 0.4) is 0 Å². The van der Waals surface area contributed by atoms with Gasteiger partial charge in [0.2, 0.25) is 5.91 Å². The molecule has 0 radical (unpaired) electrons. The van der Waals surface area contributed by atoms with E-state index in [1.807, 2.05) is 30.3 Å². The molecule has 0 aliphatic carbocycles. The van der Waals surface area contributed by atoms with Crippen molar-refractivity contribution in [2.24, 2.45) is 5.92 Å². The van der Waals surface area contributed by atoms with E-state index in [1.165, 1.54) is 0 Å². The molecule has 1 saturated heterocycles. The predicted molar refractivity (Wildman–Crippen MR) is 74.6 cm³/mol. The molecular weight excluding hydrogens is 240 g/mol. The topological polar surface area (TPSA) is 61.4 Å². The SMILES string of the molecule is O=C(CCC1CCNC1)NC(CO)c1ccccc1. The summed E-state index contributed by atoms with van der Waals surface area (Å²) in [7, 11) is 0. The largest absolute Gasteiger partial charge is 0.394 e. The zero-order valence-electron chi connectivity index (χ0n) is 11.1. The summed E-state index contributed by atoms with van der Waals surface area (Å²) >= 11 is 0. The molecule has 3 N–H and O–H groups in total. The minimum absolute atomic E-state index is 0.0230. The van der Waals surface area contributed by atoms with Gasteiger partial charge in [0, 0.05) is 6.42 Å². The first-order valence-electron chi connectivity index (χ1n) is 6.95. The van der Waals surface area contributed by atoms with Gasteiger partial charge in [-0.25, -0.2) is 0 Å². The second-order valence-corrected chi connectivity index (χ2v) is 5.11. The third kappa shape index (κ3) is 4.33. The normalized spacial score (nSPS) is 20.2. The molecule has 19 heavy (non-hydrogen) atoms. The monoisotopic (exact) mass is 262 g/mol. The van der Waals surface area contributed by atoms with Gasteiger partial charge in [-0.05, 0) is 37.4 Å². The number of aliphatic hydroxyl groups excluding tert-OH is 1. The molecule has 1 fully saturated rings. The Bertz CT molecular complexity index is 388. The summed E-state index contributed by atoms with van der Waals surface area (Å²) in [5, 5.41) is 15.6. The van der Waals surface area contributed by atoms with Gasteiger partial charge in [0.1, 0.15) is 0 Å². The summed E-state index contributed by atoms with van der Waals surface area (Å²) in [6.07, 6.45) is 2.62. The second kappa shape index (κ2) is 7.26. The van der Waals surface area contributed by atoms with Gasteiger partial charge in [-0.3, -0.25) is 4.79 Å². The molecule has 4 nitrogen and oxygen atoms in total. The minimum Gasteiger partial charge on any atom is -0.394 e. The number of hydrogen-bond donors (Lipinski definition) is 3. The number of benzene rings is 1. The Morgan fingerprint density at radius 3 is 2.84 bits per heavy atom. The third-order valence-electron chi connectivity index (χ3n) is 3.66. The van der Waals surface area contributed by atoms with E-state index in [1.54, 1.807) is 0 Å². The average molecular weight is 262 g/mol. The molecule has 2 rings (SSSR count). The number of carbonyl (C=O) groups excluding carboxylic acids is 1. The lowest BCUT2D eigenvalue weighted by molar-refractivity contribution is -0.122. The van der Waals surface area contributed by atoms with Gasteiger partial charge in [0.05, 0.1) is 12.6 Å². The van der Waals surface area contributed by atoms with E-state index in [2.05, 4.69) is 10.6 Å². The summed E-state index contributed by atoms with van der Waals surface area (Å²) in [6, 6.07) is 9.29. The third-order valence-corrected chi connectivity index (χ3v) is 3.66. The highest BCUT2D eigenvalue weighted by Crippen LogP contribution is 2.16. The Labute approximate surface area is 114 Å². The fourth-order valence-corrected chi connectivity index (χ4v) is 2.48. The summed E-state index contributed by atoms with van der Waals surface area (Å²) in [5.41, 5.74) is 0.945. The van der Waals surface area contributed by atoms with Crippen LogP contribution >= 0.6 is 0 Å². The molecule has 1 aromatic rings. The van der Waals surface area contributed by atoms with Crippen LogP contribution in [0.15, 0.2) is 30.3 Å². The molecule has 2 unspecified atom stereocenters. The molecule has 4 heteroatoms. The first-order valence-corrected chi connectivity index (χ1v) is 6.95. The average Bonchev–Trinajstić information content (AvgIpc) is 2.97. The maximum absolute atomic E-state index is 11.9. The maximum atomic E-state index is 11.9. The Hall–Kier alpha value is -1.39. The fourth-order valence-electron chi connectivity index (χ4n) is 2.48. The van der Waals surface area contributed by atoms with Crippen molar-refractivity contribution >= 4 is 5.91 Å². The highest BCUT2D eigenvalue weighted by atomic mass is 16.3. The van der Waals surface area contributed by atoms with Crippen LogP contribution in [-0.4, -0.2) is 30.7 Å². The lowest BCUT2D eigenvalue weighted by Gasteiger charge is -2.17. The van der Waals surface area contributed by atoms with E-state index in [0.29, 0.717) is 12.3 Å². The highest BCUT2D eigenvalue weighted by molar-refractivity contribution is 5.76. The molecule has 1 amide bonds. The number of hydrogen-bond acceptors (Lipinski definition) is 3. The molecule has 0 spiro atoms. The summed E-state index contributed by atoms with van der Waals surface area (Å²) in [6.45, 7) is 2.02. The maximum Gasteiger partial charge on any atom is 0.220 e. The quantitative estimate of drug-likeness (QED) is 0.722. The zero-order valence-corrected chi connectivity index (χ0v) is 11.1. The lowest BCUT2D eigenvalue weighted by Crippen LogP contribution is -2.31. The lowest BCUT2D eigenvalue weighted by atomic mass is 10.0. The van der Waals surface area contributed by atoms with Crippen LogP contribution in [0.5, 0.6) is 0 Å². The first-order chi connectivity index (χ1) is 9.29. The highest BCUT2D eigenvalue weighted by Gasteiger charge is 2.17. The van der Waals surface area contributed by atoms with Crippen LogP contribution in [-0.2, 0) is 4.79 Å². The second-order valence-electron chi connectivity index (χ2n) is 5.11. The summed E-state index contributed by atoms with van der Waals surface area (Å²) in [5.74, 6) is 0.643. The predicted octanol–water partition coefficient (Wildman–Crippen LogP) is 1.23. The van der Waals surface area contributed by atoms with Crippen LogP contribution in [0.1, 0.15) is 30.9 Å². The zero-order chi connectivity index (χ0) is 13.5. The van der Waals surface area contributed by atoms with Crippen molar-refractivity contribution in [3.63, 3.8) is 0 Å². The van der Waals surface area contributed by atoms with Gasteiger partial charge in [-0.1, -0.05) is 30.3 Å². The minimum atomic E-state index is -0.296. The standard InChI is InChI=1S/C15H22N2O2/c18-11-14(13-4-2-1-3-5-13)17-15(19)7-6-12-8-9-16-10-12/h1-5,12,14,16,18H,6-11H2,(H,17,19). The number of amides is 1. The van der Waals surface area contributed by atoms with E-state index in [0.717, 1.165) is 31.5 Å². The van der Waals surface area contributed by atoms with Gasteiger partial charge >= 0.3 is 0 Å². The number of aliphatic hydroxyl groups is 1. The molecule has 104 valence electrons. The van der Waals surface area contributed by atoms with Gasteiger partial charge in [-0.15, -0.1) is 0 Å². The van der Waals surface area contributed by atoms with Gasteiger partial charge < -0.3 is 15.7 Å². The Balaban J connectivity index is 1.79. The van der Waals surface area contributed by atoms with Crippen LogP contribution in [0.2, 0.25) is 0 Å². The Kier molecular flexibility index (Phi) is 5.36. The number of rotatable bonds is 6. The van der Waals surface area contributed by atoms with Gasteiger partial charge in [-0.2, -0.15) is 0 Å². The van der Waals surface area contributed by atoms with E-state index >= 15 is 0 Å². The Morgan fingerprint density at radius 2 is 2.21 bits per heavy atom. The van der Waals surface area contributed by atoms with Crippen molar-refractivity contribution in [2.45, 2.75) is 25.3 Å². The summed E-state index contributed by atoms with van der Waals surface area (Å²) in [4.78, 5) is 11.9. The summed E-state index contributed by atoms with van der Waals surface area (Å²) < 4.78 is 0. The fraction of sp³-hybridized carbons (Fsp3) is 0.533. The molecule has 0 saturated carbocycles. The number of carbonyl (C=O) groups is 1. The smallest absolute Gasteiger partial charge is 0.220 e. The van der Waals surface area contributed by atoms with Crippen molar-refractivity contribution in [2.75, 3.05) is 19.7 Å². The number of nitrogens with one attached hydrogen (secondary N) is 2. The molecule has 2 atom stereocenters. The van der Waals surface area contributed by atoms with Crippen molar-refractivity contribution in [1.29, 1.82) is 0 Å². The Morgan fingerprint density at radius 1 is 1.42 bits per heavy atom. The van der Waals surface area contributed by atoms with E-state index in [-0.39, 0.29) is 18.6 Å². The van der Waals surface area contributed by atoms with Crippen molar-refractivity contribution < 1.29 is 9.90 Å².